The van der Waals surface area contributed by atoms with Crippen LogP contribution in [0.15, 0.2) is 24.3 Å². The molecule has 0 saturated carbocycles. The number of benzene rings is 1. The van der Waals surface area contributed by atoms with E-state index in [0.717, 1.165) is 17.7 Å². The van der Waals surface area contributed by atoms with Gasteiger partial charge in [-0.15, -0.1) is 0 Å². The Morgan fingerprint density at radius 2 is 2.00 bits per heavy atom. The van der Waals surface area contributed by atoms with Crippen LogP contribution < -0.4 is 11.1 Å². The van der Waals surface area contributed by atoms with Gasteiger partial charge in [-0.25, -0.2) is 0 Å². The minimum Gasteiger partial charge on any atom is -0.326 e. The Morgan fingerprint density at radius 3 is 2.56 bits per heavy atom. The van der Waals surface area contributed by atoms with Gasteiger partial charge in [0.05, 0.1) is 0 Å². The smallest absolute Gasteiger partial charge is 0.227 e. The number of para-hydroxylation sites is 1. The molecule has 1 aromatic carbocycles. The van der Waals surface area contributed by atoms with Crippen molar-refractivity contribution in [1.82, 2.24) is 0 Å². The fraction of sp³-hybridized carbons (Fsp3) is 0.462. The van der Waals surface area contributed by atoms with Crippen LogP contribution in [0.5, 0.6) is 0 Å². The Morgan fingerprint density at radius 1 is 1.38 bits per heavy atom. The molecule has 0 saturated heterocycles. The highest BCUT2D eigenvalue weighted by atomic mass is 16.1. The zero-order chi connectivity index (χ0) is 12.1. The molecule has 0 radical (unpaired) electrons. The highest BCUT2D eigenvalue weighted by molar-refractivity contribution is 5.93. The van der Waals surface area contributed by atoms with E-state index in [-0.39, 0.29) is 17.9 Å². The van der Waals surface area contributed by atoms with Gasteiger partial charge in [0.1, 0.15) is 0 Å². The van der Waals surface area contributed by atoms with Crippen LogP contribution >= 0.6 is 0 Å². The lowest BCUT2D eigenvalue weighted by atomic mass is 10.0. The molecule has 88 valence electrons. The molecule has 1 aromatic rings. The maximum absolute atomic E-state index is 11.8. The number of hydrogen-bond donors (Lipinski definition) is 2. The standard InChI is InChI=1S/C13H20N2O/c1-4-9(2)13(16)15-12-8-6-5-7-11(12)10(3)14/h5-10H,4,14H2,1-3H3,(H,15,16). The highest BCUT2D eigenvalue weighted by Gasteiger charge is 2.13. The number of hydrogen-bond acceptors (Lipinski definition) is 2. The lowest BCUT2D eigenvalue weighted by Gasteiger charge is -2.15. The van der Waals surface area contributed by atoms with Crippen molar-refractivity contribution in [1.29, 1.82) is 0 Å². The third-order valence-corrected chi connectivity index (χ3v) is 2.77. The second kappa shape index (κ2) is 5.66. The van der Waals surface area contributed by atoms with Crippen LogP contribution in [0.1, 0.15) is 38.8 Å². The molecule has 0 aliphatic rings. The van der Waals surface area contributed by atoms with E-state index < -0.39 is 0 Å². The fourth-order valence-corrected chi connectivity index (χ4v) is 1.45. The molecule has 1 amide bonds. The summed E-state index contributed by atoms with van der Waals surface area (Å²) in [5.41, 5.74) is 7.64. The van der Waals surface area contributed by atoms with Gasteiger partial charge >= 0.3 is 0 Å². The lowest BCUT2D eigenvalue weighted by Crippen LogP contribution is -2.21. The average molecular weight is 220 g/mol. The molecule has 3 N–H and O–H groups in total. The lowest BCUT2D eigenvalue weighted by molar-refractivity contribution is -0.119. The normalized spacial score (nSPS) is 14.2. The van der Waals surface area contributed by atoms with Gasteiger partial charge in [-0.3, -0.25) is 4.79 Å². The van der Waals surface area contributed by atoms with E-state index in [0.29, 0.717) is 0 Å². The van der Waals surface area contributed by atoms with E-state index in [2.05, 4.69) is 5.32 Å². The number of carbonyl (C=O) groups is 1. The Hall–Kier alpha value is -1.35. The number of anilines is 1. The van der Waals surface area contributed by atoms with Crippen LogP contribution in [0.4, 0.5) is 5.69 Å². The summed E-state index contributed by atoms with van der Waals surface area (Å²) in [6.07, 6.45) is 0.839. The molecule has 3 nitrogen and oxygen atoms in total. The van der Waals surface area contributed by atoms with E-state index >= 15 is 0 Å². The highest BCUT2D eigenvalue weighted by Crippen LogP contribution is 2.21. The molecule has 3 heteroatoms. The first-order valence-corrected chi connectivity index (χ1v) is 5.71. The van der Waals surface area contributed by atoms with E-state index in [9.17, 15) is 4.79 Å². The van der Waals surface area contributed by atoms with Gasteiger partial charge in [0, 0.05) is 17.6 Å². The van der Waals surface area contributed by atoms with E-state index in [1.165, 1.54) is 0 Å². The first-order valence-electron chi connectivity index (χ1n) is 5.71. The number of amides is 1. The minimum atomic E-state index is -0.0755. The predicted molar refractivity (Wildman–Crippen MR) is 67.1 cm³/mol. The predicted octanol–water partition coefficient (Wildman–Crippen LogP) is 2.69. The van der Waals surface area contributed by atoms with Crippen LogP contribution in [-0.4, -0.2) is 5.91 Å². The summed E-state index contributed by atoms with van der Waals surface area (Å²) in [4.78, 5) is 11.8. The SMILES string of the molecule is CCC(C)C(=O)Nc1ccccc1C(C)N. The molecule has 0 heterocycles. The third-order valence-electron chi connectivity index (χ3n) is 2.77. The van der Waals surface area contributed by atoms with Gasteiger partial charge in [-0.05, 0) is 25.0 Å². The Labute approximate surface area is 97.0 Å². The number of nitrogens with one attached hydrogen (secondary N) is 1. The first kappa shape index (κ1) is 12.7. The van der Waals surface area contributed by atoms with Crippen molar-refractivity contribution in [2.75, 3.05) is 5.32 Å². The van der Waals surface area contributed by atoms with Gasteiger partial charge in [0.2, 0.25) is 5.91 Å². The molecule has 2 atom stereocenters. The Bertz CT molecular complexity index is 361. The van der Waals surface area contributed by atoms with Crippen molar-refractivity contribution in [3.05, 3.63) is 29.8 Å². The second-order valence-electron chi connectivity index (χ2n) is 4.17. The van der Waals surface area contributed by atoms with E-state index in [4.69, 9.17) is 5.73 Å². The molecule has 2 unspecified atom stereocenters. The number of rotatable bonds is 4. The molecule has 1 rings (SSSR count). The maximum atomic E-state index is 11.8. The number of nitrogens with two attached hydrogens (primary N) is 1. The van der Waals surface area contributed by atoms with Crippen LogP contribution in [0, 0.1) is 5.92 Å². The summed E-state index contributed by atoms with van der Waals surface area (Å²) in [5.74, 6) is 0.0803. The van der Waals surface area contributed by atoms with Crippen molar-refractivity contribution in [2.24, 2.45) is 11.7 Å². The topological polar surface area (TPSA) is 55.1 Å². The molecular weight excluding hydrogens is 200 g/mol. The van der Waals surface area contributed by atoms with Gasteiger partial charge < -0.3 is 11.1 Å². The van der Waals surface area contributed by atoms with Gasteiger partial charge in [-0.1, -0.05) is 32.0 Å². The summed E-state index contributed by atoms with van der Waals surface area (Å²) < 4.78 is 0. The van der Waals surface area contributed by atoms with Crippen molar-refractivity contribution in [2.45, 2.75) is 33.2 Å². The molecule has 0 aromatic heterocycles. The molecule has 0 aliphatic carbocycles. The number of carbonyl (C=O) groups excluding carboxylic acids is 1. The quantitative estimate of drug-likeness (QED) is 0.819. The summed E-state index contributed by atoms with van der Waals surface area (Å²) in [5, 5.41) is 2.92. The molecular formula is C13H20N2O. The second-order valence-corrected chi connectivity index (χ2v) is 4.17. The van der Waals surface area contributed by atoms with Crippen molar-refractivity contribution < 1.29 is 4.79 Å². The minimum absolute atomic E-state index is 0.0288. The summed E-state index contributed by atoms with van der Waals surface area (Å²) >= 11 is 0. The maximum Gasteiger partial charge on any atom is 0.227 e. The Balaban J connectivity index is 2.84. The fourth-order valence-electron chi connectivity index (χ4n) is 1.45. The van der Waals surface area contributed by atoms with E-state index in [1.807, 2.05) is 45.0 Å². The molecule has 0 aliphatic heterocycles. The van der Waals surface area contributed by atoms with Crippen molar-refractivity contribution >= 4 is 11.6 Å². The first-order chi connectivity index (χ1) is 7.56. The molecule has 0 spiro atoms. The average Bonchev–Trinajstić information content (AvgIpc) is 2.28. The van der Waals surface area contributed by atoms with Gasteiger partial charge in [0.25, 0.3) is 0 Å². The van der Waals surface area contributed by atoms with Crippen LogP contribution in [0.25, 0.3) is 0 Å². The molecule has 0 bridgehead atoms. The molecule has 16 heavy (non-hydrogen) atoms. The molecule has 0 fully saturated rings. The zero-order valence-corrected chi connectivity index (χ0v) is 10.2. The van der Waals surface area contributed by atoms with Crippen molar-refractivity contribution in [3.8, 4) is 0 Å². The zero-order valence-electron chi connectivity index (χ0n) is 10.2. The van der Waals surface area contributed by atoms with Gasteiger partial charge in [-0.2, -0.15) is 0 Å². The largest absolute Gasteiger partial charge is 0.326 e. The van der Waals surface area contributed by atoms with Gasteiger partial charge in [0.15, 0.2) is 0 Å². The summed E-state index contributed by atoms with van der Waals surface area (Å²) in [6.45, 7) is 5.83. The van der Waals surface area contributed by atoms with Crippen LogP contribution in [0.2, 0.25) is 0 Å². The monoisotopic (exact) mass is 220 g/mol. The third kappa shape index (κ3) is 3.07. The van der Waals surface area contributed by atoms with Crippen LogP contribution in [0.3, 0.4) is 0 Å². The summed E-state index contributed by atoms with van der Waals surface area (Å²) in [7, 11) is 0. The Kier molecular flexibility index (Phi) is 4.50. The van der Waals surface area contributed by atoms with Crippen LogP contribution in [-0.2, 0) is 4.79 Å². The van der Waals surface area contributed by atoms with E-state index in [1.54, 1.807) is 0 Å². The summed E-state index contributed by atoms with van der Waals surface area (Å²) in [6, 6.07) is 7.58. The van der Waals surface area contributed by atoms with Crippen molar-refractivity contribution in [3.63, 3.8) is 0 Å².